The molecule has 1 aromatic rings. The van der Waals surface area contributed by atoms with Crippen molar-refractivity contribution in [1.82, 2.24) is 5.16 Å². The molecule has 0 unspecified atom stereocenters. The van der Waals surface area contributed by atoms with Crippen molar-refractivity contribution in [2.24, 2.45) is 0 Å². The maximum absolute atomic E-state index is 5.39. The minimum Gasteiger partial charge on any atom is -1.00 e. The average Bonchev–Trinajstić information content (AvgIpc) is 2.77. The summed E-state index contributed by atoms with van der Waals surface area (Å²) in [5.74, 6) is 1.10. The molecular formula is C10H15ClN2O. The second-order valence-electron chi connectivity index (χ2n) is 4.49. The number of nitrogens with two attached hydrogens (primary N) is 1. The van der Waals surface area contributed by atoms with Crippen molar-refractivity contribution in [3.8, 4) is 0 Å². The molecule has 3 rings (SSSR count). The molecule has 0 aliphatic carbocycles. The zero-order valence-electron chi connectivity index (χ0n) is 8.29. The van der Waals surface area contributed by atoms with Crippen LogP contribution >= 0.6 is 0 Å². The van der Waals surface area contributed by atoms with Crippen LogP contribution in [-0.2, 0) is 5.54 Å². The number of rotatable bonds is 1. The fourth-order valence-corrected chi connectivity index (χ4v) is 2.87. The lowest BCUT2D eigenvalue weighted by Gasteiger charge is -2.17. The molecule has 2 bridgehead atoms. The van der Waals surface area contributed by atoms with Crippen LogP contribution in [0.3, 0.4) is 0 Å². The van der Waals surface area contributed by atoms with Crippen molar-refractivity contribution < 1.29 is 22.2 Å². The van der Waals surface area contributed by atoms with Gasteiger partial charge < -0.3 is 22.2 Å². The predicted molar refractivity (Wildman–Crippen MR) is 47.1 cm³/mol. The Morgan fingerprint density at radius 2 is 2.21 bits per heavy atom. The average molecular weight is 215 g/mol. The van der Waals surface area contributed by atoms with E-state index >= 15 is 0 Å². The molecule has 2 N–H and O–H groups in total. The van der Waals surface area contributed by atoms with E-state index in [9.17, 15) is 0 Å². The molecule has 3 heterocycles. The first-order valence-electron chi connectivity index (χ1n) is 5.08. The van der Waals surface area contributed by atoms with Gasteiger partial charge in [-0.1, -0.05) is 5.16 Å². The minimum absolute atomic E-state index is 0. The molecule has 78 valence electrons. The molecule has 0 atom stereocenters. The molecule has 4 heteroatoms. The van der Waals surface area contributed by atoms with Gasteiger partial charge in [-0.25, -0.2) is 0 Å². The first kappa shape index (κ1) is 9.99. The predicted octanol–water partition coefficient (Wildman–Crippen LogP) is -2.30. The summed E-state index contributed by atoms with van der Waals surface area (Å²) >= 11 is 0. The van der Waals surface area contributed by atoms with Crippen LogP contribution in [0.2, 0.25) is 0 Å². The highest BCUT2D eigenvalue weighted by Crippen LogP contribution is 2.38. The lowest BCUT2D eigenvalue weighted by molar-refractivity contribution is -0.726. The monoisotopic (exact) mass is 214 g/mol. The number of halogens is 1. The summed E-state index contributed by atoms with van der Waals surface area (Å²) in [7, 11) is 0. The highest BCUT2D eigenvalue weighted by atomic mass is 35.5. The molecule has 0 saturated carbocycles. The van der Waals surface area contributed by atoms with Crippen LogP contribution in [0.15, 0.2) is 10.6 Å². The van der Waals surface area contributed by atoms with Gasteiger partial charge in [-0.15, -0.1) is 0 Å². The van der Waals surface area contributed by atoms with Crippen LogP contribution in [0.5, 0.6) is 0 Å². The summed E-state index contributed by atoms with van der Waals surface area (Å²) in [6.07, 6.45) is 5.23. The maximum Gasteiger partial charge on any atom is 0.197 e. The minimum atomic E-state index is 0. The Morgan fingerprint density at radius 1 is 1.50 bits per heavy atom. The molecule has 0 amide bonds. The number of nitrogens with zero attached hydrogens (tertiary/aromatic N) is 1. The Hall–Kier alpha value is -0.540. The number of hydrogen-bond donors (Lipinski definition) is 1. The van der Waals surface area contributed by atoms with E-state index in [2.05, 4.69) is 16.5 Å². The first-order valence-corrected chi connectivity index (χ1v) is 5.08. The van der Waals surface area contributed by atoms with E-state index < -0.39 is 0 Å². The van der Waals surface area contributed by atoms with E-state index in [0.717, 1.165) is 17.5 Å². The molecule has 2 aliphatic rings. The van der Waals surface area contributed by atoms with Gasteiger partial charge in [-0.05, 0) is 6.92 Å². The Bertz CT molecular complexity index is 329. The number of quaternary nitrogens is 1. The molecule has 2 aliphatic heterocycles. The first-order chi connectivity index (χ1) is 6.28. The highest BCUT2D eigenvalue weighted by molar-refractivity contribution is 5.14. The Morgan fingerprint density at radius 3 is 2.64 bits per heavy atom. The van der Waals surface area contributed by atoms with E-state index in [1.165, 1.54) is 25.7 Å². The van der Waals surface area contributed by atoms with Gasteiger partial charge in [0, 0.05) is 31.7 Å². The van der Waals surface area contributed by atoms with Gasteiger partial charge in [0.2, 0.25) is 0 Å². The molecule has 2 saturated heterocycles. The van der Waals surface area contributed by atoms with Crippen molar-refractivity contribution in [3.63, 3.8) is 0 Å². The largest absolute Gasteiger partial charge is 1.00 e. The third-order valence-corrected chi connectivity index (χ3v) is 3.60. The summed E-state index contributed by atoms with van der Waals surface area (Å²) in [5, 5.41) is 6.47. The van der Waals surface area contributed by atoms with Gasteiger partial charge in [0.1, 0.15) is 0 Å². The van der Waals surface area contributed by atoms with Gasteiger partial charge in [0.15, 0.2) is 11.3 Å². The number of aromatic nitrogens is 1. The van der Waals surface area contributed by atoms with Gasteiger partial charge in [-0.2, -0.15) is 0 Å². The van der Waals surface area contributed by atoms with Crippen LogP contribution in [0.25, 0.3) is 0 Å². The Balaban J connectivity index is 0.000000750. The standard InChI is InChI=1S/C10H14N2O.ClH/c1-7-6-9(13-12-7)10-4-2-8(11-10)3-5-10;/h6,8,11H,2-5H2,1H3;1H. The van der Waals surface area contributed by atoms with Crippen molar-refractivity contribution in [2.75, 3.05) is 0 Å². The zero-order valence-corrected chi connectivity index (χ0v) is 9.05. The van der Waals surface area contributed by atoms with Crippen LogP contribution in [0.1, 0.15) is 37.1 Å². The summed E-state index contributed by atoms with van der Waals surface area (Å²) in [6.45, 7) is 1.99. The van der Waals surface area contributed by atoms with Crippen LogP contribution in [0, 0.1) is 6.92 Å². The van der Waals surface area contributed by atoms with Crippen molar-refractivity contribution in [3.05, 3.63) is 17.5 Å². The van der Waals surface area contributed by atoms with E-state index in [1.54, 1.807) is 0 Å². The molecule has 0 spiro atoms. The highest BCUT2D eigenvalue weighted by Gasteiger charge is 2.52. The van der Waals surface area contributed by atoms with Crippen molar-refractivity contribution >= 4 is 0 Å². The van der Waals surface area contributed by atoms with E-state index in [-0.39, 0.29) is 17.9 Å². The molecular weight excluding hydrogens is 200 g/mol. The van der Waals surface area contributed by atoms with Crippen LogP contribution in [0.4, 0.5) is 0 Å². The number of hydrogen-bond acceptors (Lipinski definition) is 2. The second kappa shape index (κ2) is 3.24. The molecule has 2 fully saturated rings. The maximum atomic E-state index is 5.39. The molecule has 3 nitrogen and oxygen atoms in total. The summed E-state index contributed by atoms with van der Waals surface area (Å²) in [5.41, 5.74) is 1.28. The van der Waals surface area contributed by atoms with Crippen LogP contribution < -0.4 is 17.7 Å². The second-order valence-corrected chi connectivity index (χ2v) is 4.49. The van der Waals surface area contributed by atoms with Crippen molar-refractivity contribution in [2.45, 2.75) is 44.2 Å². The third kappa shape index (κ3) is 1.27. The van der Waals surface area contributed by atoms with Gasteiger partial charge >= 0.3 is 0 Å². The van der Waals surface area contributed by atoms with E-state index in [1.807, 2.05) is 6.92 Å². The quantitative estimate of drug-likeness (QED) is 0.572. The Kier molecular flexibility index (Phi) is 2.32. The number of aryl methyl sites for hydroxylation is 1. The molecule has 14 heavy (non-hydrogen) atoms. The molecule has 0 radical (unpaired) electrons. The lowest BCUT2D eigenvalue weighted by atomic mass is 9.86. The molecule has 0 aromatic carbocycles. The smallest absolute Gasteiger partial charge is 0.197 e. The van der Waals surface area contributed by atoms with Gasteiger partial charge in [-0.3, -0.25) is 0 Å². The van der Waals surface area contributed by atoms with Gasteiger partial charge in [0.05, 0.1) is 11.7 Å². The summed E-state index contributed by atoms with van der Waals surface area (Å²) < 4.78 is 5.39. The fourth-order valence-electron chi connectivity index (χ4n) is 2.87. The van der Waals surface area contributed by atoms with Crippen LogP contribution in [-0.4, -0.2) is 11.2 Å². The fraction of sp³-hybridized carbons (Fsp3) is 0.700. The molecule has 1 aromatic heterocycles. The topological polar surface area (TPSA) is 42.6 Å². The number of fused-ring (bicyclic) bond motifs is 2. The van der Waals surface area contributed by atoms with E-state index in [0.29, 0.717) is 0 Å². The zero-order chi connectivity index (χ0) is 8.89. The summed E-state index contributed by atoms with van der Waals surface area (Å²) in [4.78, 5) is 0. The third-order valence-electron chi connectivity index (χ3n) is 3.60. The van der Waals surface area contributed by atoms with Crippen molar-refractivity contribution in [1.29, 1.82) is 0 Å². The normalized spacial score (nSPS) is 34.5. The SMILES string of the molecule is Cc1cc(C23CCC(CC2)[NH2+]3)on1.[Cl-]. The summed E-state index contributed by atoms with van der Waals surface area (Å²) in [6, 6.07) is 2.95. The van der Waals surface area contributed by atoms with Gasteiger partial charge in [0.25, 0.3) is 0 Å². The lowest BCUT2D eigenvalue weighted by Crippen LogP contribution is -3.00. The Labute approximate surface area is 89.6 Å². The van der Waals surface area contributed by atoms with E-state index in [4.69, 9.17) is 4.52 Å².